The maximum absolute atomic E-state index is 3.97. The molecule has 1 spiro atoms. The van der Waals surface area contributed by atoms with Gasteiger partial charge in [0.1, 0.15) is 0 Å². The van der Waals surface area contributed by atoms with Crippen molar-refractivity contribution in [3.05, 3.63) is 29.3 Å². The predicted octanol–water partition coefficient (Wildman–Crippen LogP) is 5.61. The van der Waals surface area contributed by atoms with E-state index < -0.39 is 0 Å². The Labute approximate surface area is 129 Å². The van der Waals surface area contributed by atoms with Crippen LogP contribution >= 0.6 is 0 Å². The highest BCUT2D eigenvalue weighted by molar-refractivity contribution is 5.66. The SMILES string of the molecule is CC(C)c1ccc2c(c1)[C@]13CCCC[C@H]1CCC[C@@]3(C)N2. The van der Waals surface area contributed by atoms with Crippen LogP contribution in [0.3, 0.4) is 0 Å². The summed E-state index contributed by atoms with van der Waals surface area (Å²) < 4.78 is 0. The molecule has 1 aliphatic heterocycles. The minimum absolute atomic E-state index is 0.300. The first-order chi connectivity index (χ1) is 10.1. The van der Waals surface area contributed by atoms with Gasteiger partial charge in [-0.2, -0.15) is 0 Å². The van der Waals surface area contributed by atoms with Crippen LogP contribution in [0.5, 0.6) is 0 Å². The topological polar surface area (TPSA) is 12.0 Å². The molecule has 2 saturated carbocycles. The fourth-order valence-corrected chi connectivity index (χ4v) is 5.81. The molecule has 3 atom stereocenters. The van der Waals surface area contributed by atoms with Gasteiger partial charge < -0.3 is 5.32 Å². The van der Waals surface area contributed by atoms with Crippen molar-refractivity contribution >= 4 is 5.69 Å². The van der Waals surface area contributed by atoms with E-state index in [0.29, 0.717) is 16.9 Å². The summed E-state index contributed by atoms with van der Waals surface area (Å²) in [4.78, 5) is 0. The molecule has 21 heavy (non-hydrogen) atoms. The van der Waals surface area contributed by atoms with Crippen molar-refractivity contribution in [1.29, 1.82) is 0 Å². The van der Waals surface area contributed by atoms with E-state index in [1.165, 1.54) is 56.2 Å². The average molecular weight is 283 g/mol. The summed E-state index contributed by atoms with van der Waals surface area (Å²) in [6.07, 6.45) is 9.90. The van der Waals surface area contributed by atoms with E-state index in [1.54, 1.807) is 5.56 Å². The van der Waals surface area contributed by atoms with Crippen molar-refractivity contribution in [2.24, 2.45) is 5.92 Å². The summed E-state index contributed by atoms with van der Waals surface area (Å²) in [5, 5.41) is 3.97. The Hall–Kier alpha value is -0.980. The van der Waals surface area contributed by atoms with Crippen LogP contribution in [0.25, 0.3) is 0 Å². The first kappa shape index (κ1) is 13.7. The molecular weight excluding hydrogens is 254 g/mol. The number of anilines is 1. The van der Waals surface area contributed by atoms with Gasteiger partial charge in [0.05, 0.1) is 0 Å². The molecule has 0 amide bonds. The number of nitrogens with one attached hydrogen (secondary N) is 1. The zero-order valence-electron chi connectivity index (χ0n) is 13.8. The Balaban J connectivity index is 1.90. The Morgan fingerprint density at radius 3 is 2.71 bits per heavy atom. The molecule has 2 fully saturated rings. The largest absolute Gasteiger partial charge is 0.379 e. The molecule has 3 aliphatic rings. The molecule has 1 aromatic carbocycles. The Kier molecular flexibility index (Phi) is 2.93. The molecule has 1 N–H and O–H groups in total. The standard InChI is InChI=1S/C20H29N/c1-14(2)15-9-10-18-17(13-15)20-12-5-4-7-16(20)8-6-11-19(20,3)21-18/h9-10,13-14,16,21H,4-8,11-12H2,1-3H3/t16-,19+,20-/m0/s1. The number of hydrogen-bond acceptors (Lipinski definition) is 1. The van der Waals surface area contributed by atoms with Crippen molar-refractivity contribution < 1.29 is 0 Å². The monoisotopic (exact) mass is 283 g/mol. The first-order valence-electron chi connectivity index (χ1n) is 8.99. The lowest BCUT2D eigenvalue weighted by molar-refractivity contribution is 0.0683. The zero-order chi connectivity index (χ0) is 14.7. The highest BCUT2D eigenvalue weighted by atomic mass is 15.1. The predicted molar refractivity (Wildman–Crippen MR) is 90.0 cm³/mol. The van der Waals surface area contributed by atoms with Gasteiger partial charge in [0.15, 0.2) is 0 Å². The lowest BCUT2D eigenvalue weighted by Crippen LogP contribution is -2.58. The molecule has 114 valence electrons. The van der Waals surface area contributed by atoms with Crippen molar-refractivity contribution in [3.63, 3.8) is 0 Å². The molecular formula is C20H29N. The van der Waals surface area contributed by atoms with E-state index in [4.69, 9.17) is 0 Å². The van der Waals surface area contributed by atoms with Gasteiger partial charge in [-0.1, -0.05) is 45.2 Å². The molecule has 1 nitrogen and oxygen atoms in total. The smallest absolute Gasteiger partial charge is 0.0445 e. The highest BCUT2D eigenvalue weighted by Gasteiger charge is 2.60. The number of fused-ring (bicyclic) bond motifs is 1. The minimum atomic E-state index is 0.300. The van der Waals surface area contributed by atoms with Crippen LogP contribution in [0.1, 0.15) is 82.8 Å². The Morgan fingerprint density at radius 2 is 1.90 bits per heavy atom. The Bertz CT molecular complexity index is 559. The van der Waals surface area contributed by atoms with Crippen molar-refractivity contribution in [3.8, 4) is 0 Å². The molecule has 0 radical (unpaired) electrons. The molecule has 1 heterocycles. The first-order valence-corrected chi connectivity index (χ1v) is 8.99. The van der Waals surface area contributed by atoms with Crippen LogP contribution in [0.2, 0.25) is 0 Å². The number of hydrogen-bond donors (Lipinski definition) is 1. The summed E-state index contributed by atoms with van der Waals surface area (Å²) in [5.74, 6) is 1.53. The second-order valence-corrected chi connectivity index (χ2v) is 8.22. The molecule has 2 aliphatic carbocycles. The third-order valence-electron chi connectivity index (χ3n) is 6.89. The summed E-state index contributed by atoms with van der Waals surface area (Å²) in [7, 11) is 0. The van der Waals surface area contributed by atoms with Crippen LogP contribution in [0, 0.1) is 5.92 Å². The summed E-state index contributed by atoms with van der Waals surface area (Å²) in [5.41, 5.74) is 5.35. The Morgan fingerprint density at radius 1 is 1.10 bits per heavy atom. The fourth-order valence-electron chi connectivity index (χ4n) is 5.81. The van der Waals surface area contributed by atoms with E-state index in [1.807, 2.05) is 0 Å². The summed E-state index contributed by atoms with van der Waals surface area (Å²) in [6, 6.07) is 7.27. The molecule has 0 unspecified atom stereocenters. The van der Waals surface area contributed by atoms with E-state index in [0.717, 1.165) is 5.92 Å². The number of rotatable bonds is 1. The maximum Gasteiger partial charge on any atom is 0.0445 e. The molecule has 1 aromatic rings. The van der Waals surface area contributed by atoms with Crippen LogP contribution in [0.15, 0.2) is 18.2 Å². The third-order valence-corrected chi connectivity index (χ3v) is 6.89. The normalized spacial score (nSPS) is 37.6. The van der Waals surface area contributed by atoms with Crippen LogP contribution in [0.4, 0.5) is 5.69 Å². The average Bonchev–Trinajstić information content (AvgIpc) is 2.73. The zero-order valence-corrected chi connectivity index (χ0v) is 13.8. The number of benzene rings is 1. The van der Waals surface area contributed by atoms with E-state index >= 15 is 0 Å². The fraction of sp³-hybridized carbons (Fsp3) is 0.700. The van der Waals surface area contributed by atoms with E-state index in [-0.39, 0.29) is 0 Å². The van der Waals surface area contributed by atoms with Gasteiger partial charge in [-0.05, 0) is 61.6 Å². The van der Waals surface area contributed by atoms with Crippen molar-refractivity contribution in [2.75, 3.05) is 5.32 Å². The molecule has 1 heteroatoms. The van der Waals surface area contributed by atoms with Gasteiger partial charge in [0.2, 0.25) is 0 Å². The van der Waals surface area contributed by atoms with Crippen LogP contribution in [-0.2, 0) is 5.41 Å². The molecule has 4 rings (SSSR count). The van der Waals surface area contributed by atoms with Gasteiger partial charge in [-0.3, -0.25) is 0 Å². The van der Waals surface area contributed by atoms with Gasteiger partial charge in [-0.25, -0.2) is 0 Å². The van der Waals surface area contributed by atoms with Crippen molar-refractivity contribution in [2.45, 2.75) is 82.6 Å². The van der Waals surface area contributed by atoms with Gasteiger partial charge in [0, 0.05) is 16.6 Å². The van der Waals surface area contributed by atoms with Crippen molar-refractivity contribution in [1.82, 2.24) is 0 Å². The lowest BCUT2D eigenvalue weighted by Gasteiger charge is -2.55. The van der Waals surface area contributed by atoms with Gasteiger partial charge in [0.25, 0.3) is 0 Å². The lowest BCUT2D eigenvalue weighted by atomic mass is 9.50. The van der Waals surface area contributed by atoms with Gasteiger partial charge in [-0.15, -0.1) is 0 Å². The summed E-state index contributed by atoms with van der Waals surface area (Å²) >= 11 is 0. The van der Waals surface area contributed by atoms with E-state index in [2.05, 4.69) is 44.3 Å². The minimum Gasteiger partial charge on any atom is -0.379 e. The molecule has 0 saturated heterocycles. The van der Waals surface area contributed by atoms with E-state index in [9.17, 15) is 0 Å². The highest BCUT2D eigenvalue weighted by Crippen LogP contribution is 2.62. The quantitative estimate of drug-likeness (QED) is 0.706. The van der Waals surface area contributed by atoms with Crippen LogP contribution < -0.4 is 5.32 Å². The van der Waals surface area contributed by atoms with Crippen LogP contribution in [-0.4, -0.2) is 5.54 Å². The second kappa shape index (κ2) is 4.51. The second-order valence-electron chi connectivity index (χ2n) is 8.22. The van der Waals surface area contributed by atoms with Gasteiger partial charge >= 0.3 is 0 Å². The molecule has 0 aromatic heterocycles. The molecule has 0 bridgehead atoms. The summed E-state index contributed by atoms with van der Waals surface area (Å²) in [6.45, 7) is 7.15. The maximum atomic E-state index is 3.97. The third kappa shape index (κ3) is 1.69.